The first-order valence-electron chi connectivity index (χ1n) is 5.83. The fourth-order valence-corrected chi connectivity index (χ4v) is 1.63. The predicted octanol–water partition coefficient (Wildman–Crippen LogP) is 3.58. The van der Waals surface area contributed by atoms with Crippen molar-refractivity contribution in [3.8, 4) is 6.07 Å². The molecule has 0 bridgehead atoms. The Morgan fingerprint density at radius 1 is 1.39 bits per heavy atom. The minimum Gasteiger partial charge on any atom is -0.298 e. The van der Waals surface area contributed by atoms with Gasteiger partial charge in [0.2, 0.25) is 0 Å². The van der Waals surface area contributed by atoms with Crippen molar-refractivity contribution in [3.05, 3.63) is 35.4 Å². The number of halogens is 2. The van der Waals surface area contributed by atoms with Gasteiger partial charge in [0.15, 0.2) is 5.78 Å². The fourth-order valence-electron chi connectivity index (χ4n) is 1.63. The molecule has 0 aliphatic rings. The van der Waals surface area contributed by atoms with Gasteiger partial charge in [-0.1, -0.05) is 19.9 Å². The number of hydrogen-bond acceptors (Lipinski definition) is 2. The van der Waals surface area contributed by atoms with E-state index in [2.05, 4.69) is 0 Å². The molecule has 0 saturated carbocycles. The predicted molar refractivity (Wildman–Crippen MR) is 63.8 cm³/mol. The van der Waals surface area contributed by atoms with Crippen LogP contribution in [0, 0.1) is 28.9 Å². The number of benzene rings is 1. The van der Waals surface area contributed by atoms with Crippen LogP contribution in [0.1, 0.15) is 38.2 Å². The SMILES string of the molecule is CC(C)CCC(=O)C(C#N)c1ccc(F)cc1F. The van der Waals surface area contributed by atoms with Crippen LogP contribution in [-0.4, -0.2) is 5.78 Å². The number of carbonyl (C=O) groups is 1. The Labute approximate surface area is 105 Å². The van der Waals surface area contributed by atoms with E-state index in [4.69, 9.17) is 5.26 Å². The summed E-state index contributed by atoms with van der Waals surface area (Å²) in [5.41, 5.74) is -0.0485. The Hall–Kier alpha value is -1.76. The van der Waals surface area contributed by atoms with Crippen molar-refractivity contribution in [1.29, 1.82) is 5.26 Å². The molecule has 4 heteroatoms. The Kier molecular flexibility index (Phi) is 4.96. The molecule has 0 aromatic heterocycles. The van der Waals surface area contributed by atoms with Crippen LogP contribution in [0.3, 0.4) is 0 Å². The molecular weight excluding hydrogens is 236 g/mol. The lowest BCUT2D eigenvalue weighted by molar-refractivity contribution is -0.119. The number of rotatable bonds is 5. The fraction of sp³-hybridized carbons (Fsp3) is 0.429. The molecule has 0 heterocycles. The van der Waals surface area contributed by atoms with E-state index in [1.807, 2.05) is 13.8 Å². The second-order valence-corrected chi connectivity index (χ2v) is 4.63. The molecule has 0 fully saturated rings. The second-order valence-electron chi connectivity index (χ2n) is 4.63. The van der Waals surface area contributed by atoms with Crippen LogP contribution in [0.4, 0.5) is 8.78 Å². The maximum Gasteiger partial charge on any atom is 0.154 e. The van der Waals surface area contributed by atoms with Gasteiger partial charge in [0, 0.05) is 18.1 Å². The van der Waals surface area contributed by atoms with Gasteiger partial charge in [-0.3, -0.25) is 4.79 Å². The third-order valence-corrected chi connectivity index (χ3v) is 2.69. The van der Waals surface area contributed by atoms with Crippen LogP contribution >= 0.6 is 0 Å². The zero-order chi connectivity index (χ0) is 13.7. The molecule has 1 rings (SSSR count). The van der Waals surface area contributed by atoms with Crippen LogP contribution in [0.15, 0.2) is 18.2 Å². The van der Waals surface area contributed by atoms with Gasteiger partial charge in [-0.25, -0.2) is 8.78 Å². The molecule has 0 radical (unpaired) electrons. The molecule has 18 heavy (non-hydrogen) atoms. The number of nitrogens with zero attached hydrogens (tertiary/aromatic N) is 1. The minimum atomic E-state index is -1.15. The highest BCUT2D eigenvalue weighted by molar-refractivity contribution is 5.88. The first-order chi connectivity index (χ1) is 8.45. The quantitative estimate of drug-likeness (QED) is 0.802. The van der Waals surface area contributed by atoms with E-state index in [0.29, 0.717) is 18.4 Å². The van der Waals surface area contributed by atoms with Crippen molar-refractivity contribution in [2.75, 3.05) is 0 Å². The monoisotopic (exact) mass is 251 g/mol. The Balaban J connectivity index is 2.90. The van der Waals surface area contributed by atoms with Crippen molar-refractivity contribution in [1.82, 2.24) is 0 Å². The molecule has 0 aliphatic heterocycles. The molecule has 0 saturated heterocycles. The van der Waals surface area contributed by atoms with Crippen molar-refractivity contribution in [3.63, 3.8) is 0 Å². The number of carbonyl (C=O) groups excluding carboxylic acids is 1. The van der Waals surface area contributed by atoms with Gasteiger partial charge in [0.25, 0.3) is 0 Å². The van der Waals surface area contributed by atoms with Gasteiger partial charge in [-0.15, -0.1) is 0 Å². The van der Waals surface area contributed by atoms with Crippen molar-refractivity contribution < 1.29 is 13.6 Å². The van der Waals surface area contributed by atoms with Gasteiger partial charge in [-0.2, -0.15) is 5.26 Å². The summed E-state index contributed by atoms with van der Waals surface area (Å²) in [4.78, 5) is 11.8. The van der Waals surface area contributed by atoms with Crippen molar-refractivity contribution >= 4 is 5.78 Å². The second kappa shape index (κ2) is 6.25. The van der Waals surface area contributed by atoms with Crippen molar-refractivity contribution in [2.45, 2.75) is 32.6 Å². The maximum absolute atomic E-state index is 13.5. The van der Waals surface area contributed by atoms with Crippen LogP contribution in [0.25, 0.3) is 0 Å². The van der Waals surface area contributed by atoms with E-state index in [1.54, 1.807) is 6.07 Å². The topological polar surface area (TPSA) is 40.9 Å². The third kappa shape index (κ3) is 3.63. The molecule has 0 spiro atoms. The lowest BCUT2D eigenvalue weighted by Gasteiger charge is -2.10. The zero-order valence-electron chi connectivity index (χ0n) is 10.4. The maximum atomic E-state index is 13.5. The molecule has 1 atom stereocenters. The summed E-state index contributed by atoms with van der Waals surface area (Å²) < 4.78 is 26.3. The zero-order valence-corrected chi connectivity index (χ0v) is 10.4. The molecule has 1 aromatic carbocycles. The van der Waals surface area contributed by atoms with Gasteiger partial charge in [0.05, 0.1) is 6.07 Å². The smallest absolute Gasteiger partial charge is 0.154 e. The summed E-state index contributed by atoms with van der Waals surface area (Å²) in [6.07, 6.45) is 0.881. The highest BCUT2D eigenvalue weighted by Gasteiger charge is 2.23. The van der Waals surface area contributed by atoms with E-state index in [1.165, 1.54) is 0 Å². The first kappa shape index (κ1) is 14.3. The van der Waals surface area contributed by atoms with Gasteiger partial charge in [-0.05, 0) is 18.4 Å². The number of hydrogen-bond donors (Lipinski definition) is 0. The summed E-state index contributed by atoms with van der Waals surface area (Å²) in [6, 6.07) is 4.69. The molecule has 2 nitrogen and oxygen atoms in total. The summed E-state index contributed by atoms with van der Waals surface area (Å²) in [7, 11) is 0. The highest BCUT2D eigenvalue weighted by atomic mass is 19.1. The third-order valence-electron chi connectivity index (χ3n) is 2.69. The van der Waals surface area contributed by atoms with E-state index in [-0.39, 0.29) is 17.8 Å². The standard InChI is InChI=1S/C14H15F2NO/c1-9(2)3-6-14(18)12(8-17)11-5-4-10(15)7-13(11)16/h4-5,7,9,12H,3,6H2,1-2H3. The lowest BCUT2D eigenvalue weighted by atomic mass is 9.91. The highest BCUT2D eigenvalue weighted by Crippen LogP contribution is 2.23. The number of ketones is 1. The van der Waals surface area contributed by atoms with Gasteiger partial charge < -0.3 is 0 Å². The van der Waals surface area contributed by atoms with Gasteiger partial charge >= 0.3 is 0 Å². The number of nitriles is 1. The summed E-state index contributed by atoms with van der Waals surface area (Å²) in [5, 5.41) is 8.98. The lowest BCUT2D eigenvalue weighted by Crippen LogP contribution is -2.13. The average Bonchev–Trinajstić information content (AvgIpc) is 2.30. The van der Waals surface area contributed by atoms with Gasteiger partial charge in [0.1, 0.15) is 17.6 Å². The van der Waals surface area contributed by atoms with E-state index >= 15 is 0 Å². The van der Waals surface area contributed by atoms with Crippen molar-refractivity contribution in [2.24, 2.45) is 5.92 Å². The first-order valence-corrected chi connectivity index (χ1v) is 5.83. The summed E-state index contributed by atoms with van der Waals surface area (Å²) in [6.45, 7) is 3.93. The average molecular weight is 251 g/mol. The minimum absolute atomic E-state index is 0.0485. The molecule has 96 valence electrons. The van der Waals surface area contributed by atoms with Crippen LogP contribution in [-0.2, 0) is 4.79 Å². The van der Waals surface area contributed by atoms with Crippen LogP contribution in [0.5, 0.6) is 0 Å². The van der Waals surface area contributed by atoms with E-state index in [0.717, 1.165) is 12.1 Å². The van der Waals surface area contributed by atoms with E-state index in [9.17, 15) is 13.6 Å². The normalized spacial score (nSPS) is 12.2. The Morgan fingerprint density at radius 3 is 2.56 bits per heavy atom. The van der Waals surface area contributed by atoms with E-state index < -0.39 is 17.6 Å². The molecule has 0 amide bonds. The molecule has 1 unspecified atom stereocenters. The van der Waals surface area contributed by atoms with Crippen LogP contribution < -0.4 is 0 Å². The number of Topliss-reactive ketones (excluding diaryl/α,β-unsaturated/α-hetero) is 1. The summed E-state index contributed by atoms with van der Waals surface area (Å²) in [5.74, 6) is -2.70. The molecule has 0 N–H and O–H groups in total. The molecular formula is C14H15F2NO. The molecule has 0 aliphatic carbocycles. The summed E-state index contributed by atoms with van der Waals surface area (Å²) >= 11 is 0. The van der Waals surface area contributed by atoms with Crippen LogP contribution in [0.2, 0.25) is 0 Å². The Morgan fingerprint density at radius 2 is 2.06 bits per heavy atom. The molecule has 1 aromatic rings. The largest absolute Gasteiger partial charge is 0.298 e. The Bertz CT molecular complexity index is 477.